The molecule has 1 aliphatic heterocycles. The van der Waals surface area contributed by atoms with Crippen molar-refractivity contribution in [3.8, 4) is 11.1 Å². The Labute approximate surface area is 137 Å². The molecule has 1 fully saturated rings. The molecule has 1 amide bonds. The Kier molecular flexibility index (Phi) is 5.09. The molecule has 0 unspecified atom stereocenters. The molecule has 0 bridgehead atoms. The quantitative estimate of drug-likeness (QED) is 0.903. The smallest absolute Gasteiger partial charge is 0.223 e. The average molecular weight is 309 g/mol. The number of carbonyl (C=O) groups is 1. The van der Waals surface area contributed by atoms with E-state index in [0.717, 1.165) is 25.0 Å². The molecule has 120 valence electrons. The number of carbonyl (C=O) groups excluding carboxylic acids is 1. The zero-order chi connectivity index (χ0) is 16.1. The van der Waals surface area contributed by atoms with E-state index in [-0.39, 0.29) is 18.1 Å². The standard InChI is InChI=1S/C20H23NO2/c1-15(21-20(22)14-19-8-5-13-23-19)16-9-11-18(12-10-16)17-6-3-2-4-7-17/h2-4,6-7,9-12,15,19H,5,8,13-14H2,1H3,(H,21,22)/t15-,19+/m0/s1. The summed E-state index contributed by atoms with van der Waals surface area (Å²) in [6.07, 6.45) is 2.62. The highest BCUT2D eigenvalue weighted by Gasteiger charge is 2.20. The lowest BCUT2D eigenvalue weighted by Crippen LogP contribution is -2.29. The normalized spacial score (nSPS) is 18.6. The third kappa shape index (κ3) is 4.20. The van der Waals surface area contributed by atoms with Gasteiger partial charge in [-0.05, 0) is 36.5 Å². The lowest BCUT2D eigenvalue weighted by atomic mass is 10.0. The van der Waals surface area contributed by atoms with Crippen LogP contribution in [-0.4, -0.2) is 18.6 Å². The predicted molar refractivity (Wildman–Crippen MR) is 92.0 cm³/mol. The SMILES string of the molecule is C[C@H](NC(=O)C[C@H]1CCCO1)c1ccc(-c2ccccc2)cc1. The van der Waals surface area contributed by atoms with Gasteiger partial charge in [0.25, 0.3) is 0 Å². The molecule has 3 heteroatoms. The highest BCUT2D eigenvalue weighted by molar-refractivity contribution is 5.77. The van der Waals surface area contributed by atoms with Gasteiger partial charge in [0.1, 0.15) is 0 Å². The second-order valence-corrected chi connectivity index (χ2v) is 6.12. The van der Waals surface area contributed by atoms with E-state index in [9.17, 15) is 4.79 Å². The predicted octanol–water partition coefficient (Wildman–Crippen LogP) is 4.10. The summed E-state index contributed by atoms with van der Waals surface area (Å²) in [5, 5.41) is 3.06. The first-order valence-corrected chi connectivity index (χ1v) is 8.29. The van der Waals surface area contributed by atoms with Crippen LogP contribution in [0.1, 0.15) is 37.8 Å². The zero-order valence-corrected chi connectivity index (χ0v) is 13.5. The molecule has 1 aliphatic rings. The number of amides is 1. The molecule has 23 heavy (non-hydrogen) atoms. The van der Waals surface area contributed by atoms with Gasteiger partial charge in [-0.2, -0.15) is 0 Å². The maximum Gasteiger partial charge on any atom is 0.223 e. The number of benzene rings is 2. The van der Waals surface area contributed by atoms with Crippen LogP contribution in [0.4, 0.5) is 0 Å². The van der Waals surface area contributed by atoms with Crippen LogP contribution >= 0.6 is 0 Å². The third-order valence-corrected chi connectivity index (χ3v) is 4.33. The first kappa shape index (κ1) is 15.8. The van der Waals surface area contributed by atoms with Crippen molar-refractivity contribution in [2.24, 2.45) is 0 Å². The van der Waals surface area contributed by atoms with Gasteiger partial charge in [-0.1, -0.05) is 54.6 Å². The Morgan fingerprint density at radius 2 is 1.83 bits per heavy atom. The lowest BCUT2D eigenvalue weighted by molar-refractivity contribution is -0.123. The van der Waals surface area contributed by atoms with Crippen molar-refractivity contribution in [1.29, 1.82) is 0 Å². The molecule has 0 radical (unpaired) electrons. The van der Waals surface area contributed by atoms with Gasteiger partial charge in [0.2, 0.25) is 5.91 Å². The van der Waals surface area contributed by atoms with Crippen molar-refractivity contribution in [2.45, 2.75) is 38.3 Å². The van der Waals surface area contributed by atoms with Gasteiger partial charge in [0.05, 0.1) is 18.6 Å². The number of ether oxygens (including phenoxy) is 1. The highest BCUT2D eigenvalue weighted by Crippen LogP contribution is 2.22. The molecule has 1 N–H and O–H groups in total. The van der Waals surface area contributed by atoms with Crippen LogP contribution in [0.15, 0.2) is 54.6 Å². The first-order chi connectivity index (χ1) is 11.2. The van der Waals surface area contributed by atoms with Crippen LogP contribution in [0.25, 0.3) is 11.1 Å². The molecular formula is C20H23NO2. The van der Waals surface area contributed by atoms with E-state index in [1.165, 1.54) is 11.1 Å². The summed E-state index contributed by atoms with van der Waals surface area (Å²) in [4.78, 5) is 12.1. The van der Waals surface area contributed by atoms with Gasteiger partial charge in [0, 0.05) is 6.61 Å². The van der Waals surface area contributed by atoms with E-state index in [1.807, 2.05) is 25.1 Å². The molecule has 3 rings (SSSR count). The summed E-state index contributed by atoms with van der Waals surface area (Å²) in [6.45, 7) is 2.80. The first-order valence-electron chi connectivity index (χ1n) is 8.29. The molecule has 0 saturated carbocycles. The Morgan fingerprint density at radius 3 is 2.48 bits per heavy atom. The van der Waals surface area contributed by atoms with Crippen molar-refractivity contribution in [3.05, 3.63) is 60.2 Å². The fourth-order valence-electron chi connectivity index (χ4n) is 2.99. The van der Waals surface area contributed by atoms with Crippen molar-refractivity contribution in [1.82, 2.24) is 5.32 Å². The number of nitrogens with one attached hydrogen (secondary N) is 1. The van der Waals surface area contributed by atoms with Crippen molar-refractivity contribution < 1.29 is 9.53 Å². The van der Waals surface area contributed by atoms with Crippen LogP contribution in [-0.2, 0) is 9.53 Å². The van der Waals surface area contributed by atoms with E-state index in [4.69, 9.17) is 4.74 Å². The molecule has 0 aromatic heterocycles. The van der Waals surface area contributed by atoms with Crippen LogP contribution in [0.2, 0.25) is 0 Å². The molecule has 2 aromatic carbocycles. The fourth-order valence-corrected chi connectivity index (χ4v) is 2.99. The van der Waals surface area contributed by atoms with E-state index < -0.39 is 0 Å². The maximum absolute atomic E-state index is 12.1. The third-order valence-electron chi connectivity index (χ3n) is 4.33. The second-order valence-electron chi connectivity index (χ2n) is 6.12. The fraction of sp³-hybridized carbons (Fsp3) is 0.350. The zero-order valence-electron chi connectivity index (χ0n) is 13.5. The summed E-state index contributed by atoms with van der Waals surface area (Å²) in [6, 6.07) is 18.7. The molecule has 0 spiro atoms. The van der Waals surface area contributed by atoms with Crippen LogP contribution in [0.3, 0.4) is 0 Å². The molecule has 1 heterocycles. The summed E-state index contributed by atoms with van der Waals surface area (Å²) in [5.74, 6) is 0.0662. The Morgan fingerprint density at radius 1 is 1.13 bits per heavy atom. The van der Waals surface area contributed by atoms with Gasteiger partial charge in [0.15, 0.2) is 0 Å². The van der Waals surface area contributed by atoms with Crippen LogP contribution in [0, 0.1) is 0 Å². The van der Waals surface area contributed by atoms with Crippen molar-refractivity contribution in [2.75, 3.05) is 6.61 Å². The van der Waals surface area contributed by atoms with Crippen molar-refractivity contribution in [3.63, 3.8) is 0 Å². The van der Waals surface area contributed by atoms with Gasteiger partial charge >= 0.3 is 0 Å². The molecule has 2 aromatic rings. The molecule has 2 atom stereocenters. The molecule has 3 nitrogen and oxygen atoms in total. The number of hydrogen-bond donors (Lipinski definition) is 1. The van der Waals surface area contributed by atoms with E-state index >= 15 is 0 Å². The molecule has 1 saturated heterocycles. The average Bonchev–Trinajstić information content (AvgIpc) is 3.08. The van der Waals surface area contributed by atoms with Gasteiger partial charge in [-0.25, -0.2) is 0 Å². The lowest BCUT2D eigenvalue weighted by Gasteiger charge is -2.16. The van der Waals surface area contributed by atoms with Crippen molar-refractivity contribution >= 4 is 5.91 Å². The Bertz CT molecular complexity index is 630. The van der Waals surface area contributed by atoms with Gasteiger partial charge in [-0.15, -0.1) is 0 Å². The highest BCUT2D eigenvalue weighted by atomic mass is 16.5. The van der Waals surface area contributed by atoms with Crippen LogP contribution < -0.4 is 5.32 Å². The van der Waals surface area contributed by atoms with Gasteiger partial charge in [-0.3, -0.25) is 4.79 Å². The monoisotopic (exact) mass is 309 g/mol. The molecule has 0 aliphatic carbocycles. The molecular weight excluding hydrogens is 286 g/mol. The Hall–Kier alpha value is -2.13. The minimum Gasteiger partial charge on any atom is -0.378 e. The van der Waals surface area contributed by atoms with E-state index in [2.05, 4.69) is 41.7 Å². The number of rotatable bonds is 5. The van der Waals surface area contributed by atoms with Crippen LogP contribution in [0.5, 0.6) is 0 Å². The maximum atomic E-state index is 12.1. The summed E-state index contributed by atoms with van der Waals surface area (Å²) in [5.41, 5.74) is 3.51. The largest absolute Gasteiger partial charge is 0.378 e. The van der Waals surface area contributed by atoms with E-state index in [0.29, 0.717) is 6.42 Å². The van der Waals surface area contributed by atoms with Gasteiger partial charge < -0.3 is 10.1 Å². The summed E-state index contributed by atoms with van der Waals surface area (Å²) < 4.78 is 5.51. The second kappa shape index (κ2) is 7.42. The minimum atomic E-state index is 0.00808. The van der Waals surface area contributed by atoms with E-state index in [1.54, 1.807) is 0 Å². The Balaban J connectivity index is 1.59. The summed E-state index contributed by atoms with van der Waals surface area (Å²) >= 11 is 0. The summed E-state index contributed by atoms with van der Waals surface area (Å²) in [7, 11) is 0. The topological polar surface area (TPSA) is 38.3 Å². The minimum absolute atomic E-state index is 0.00808. The number of hydrogen-bond acceptors (Lipinski definition) is 2.